The minimum Gasteiger partial charge on any atom is -0.315 e. The van der Waals surface area contributed by atoms with E-state index in [2.05, 4.69) is 19.2 Å². The molecule has 0 aromatic heterocycles. The third-order valence-electron chi connectivity index (χ3n) is 3.99. The number of hydrogen-bond donors (Lipinski definition) is 1. The van der Waals surface area contributed by atoms with Gasteiger partial charge in [0.15, 0.2) is 0 Å². The minimum atomic E-state index is -4.25. The van der Waals surface area contributed by atoms with Gasteiger partial charge in [-0.1, -0.05) is 32.0 Å². The van der Waals surface area contributed by atoms with Crippen molar-refractivity contribution in [2.45, 2.75) is 26.4 Å². The van der Waals surface area contributed by atoms with Crippen LogP contribution in [-0.4, -0.2) is 13.1 Å². The molecule has 18 heavy (non-hydrogen) atoms. The van der Waals surface area contributed by atoms with E-state index in [4.69, 9.17) is 0 Å². The highest BCUT2D eigenvalue weighted by atomic mass is 19.4. The van der Waals surface area contributed by atoms with E-state index in [1.165, 1.54) is 12.1 Å². The predicted octanol–water partition coefficient (Wildman–Crippen LogP) is 3.49. The fourth-order valence-corrected chi connectivity index (χ4v) is 2.45. The molecule has 1 aliphatic rings. The molecule has 0 saturated carbocycles. The van der Waals surface area contributed by atoms with Gasteiger partial charge in [-0.25, -0.2) is 0 Å². The number of nitrogens with one attached hydrogen (secondary N) is 1. The highest BCUT2D eigenvalue weighted by Crippen LogP contribution is 2.37. The van der Waals surface area contributed by atoms with Crippen LogP contribution < -0.4 is 5.32 Å². The normalized spacial score (nSPS) is 18.8. The van der Waals surface area contributed by atoms with Crippen LogP contribution in [0.4, 0.5) is 13.2 Å². The van der Waals surface area contributed by atoms with E-state index in [0.29, 0.717) is 12.3 Å². The van der Waals surface area contributed by atoms with Crippen molar-refractivity contribution in [1.82, 2.24) is 5.32 Å². The standard InChI is InChI=1S/C14H18F3N/c1-10(2)13(8-18-9-13)7-11-4-3-5-12(6-11)14(15,16)17/h3-6,10,18H,7-9H2,1-2H3. The zero-order valence-corrected chi connectivity index (χ0v) is 10.6. The fraction of sp³-hybridized carbons (Fsp3) is 0.571. The molecule has 0 aliphatic carbocycles. The molecule has 1 fully saturated rings. The van der Waals surface area contributed by atoms with Crippen LogP contribution in [0.1, 0.15) is 25.0 Å². The van der Waals surface area contributed by atoms with E-state index in [-0.39, 0.29) is 5.41 Å². The lowest BCUT2D eigenvalue weighted by atomic mass is 9.68. The van der Waals surface area contributed by atoms with Crippen molar-refractivity contribution in [3.63, 3.8) is 0 Å². The van der Waals surface area contributed by atoms with Crippen LogP contribution >= 0.6 is 0 Å². The molecule has 100 valence electrons. The summed E-state index contributed by atoms with van der Waals surface area (Å²) in [6, 6.07) is 5.70. The Bertz CT molecular complexity index is 419. The van der Waals surface area contributed by atoms with Crippen LogP contribution in [0.2, 0.25) is 0 Å². The van der Waals surface area contributed by atoms with Crippen LogP contribution in [0.5, 0.6) is 0 Å². The van der Waals surface area contributed by atoms with Crippen molar-refractivity contribution in [1.29, 1.82) is 0 Å². The van der Waals surface area contributed by atoms with Gasteiger partial charge in [-0.15, -0.1) is 0 Å². The van der Waals surface area contributed by atoms with Crippen molar-refractivity contribution in [3.8, 4) is 0 Å². The summed E-state index contributed by atoms with van der Waals surface area (Å²) in [4.78, 5) is 0. The number of halogens is 3. The number of hydrogen-bond acceptors (Lipinski definition) is 1. The first-order valence-electron chi connectivity index (χ1n) is 6.20. The number of alkyl halides is 3. The Morgan fingerprint density at radius 1 is 1.28 bits per heavy atom. The van der Waals surface area contributed by atoms with Crippen LogP contribution in [0.3, 0.4) is 0 Å². The molecule has 0 radical (unpaired) electrons. The highest BCUT2D eigenvalue weighted by Gasteiger charge is 2.40. The van der Waals surface area contributed by atoms with Gasteiger partial charge in [0, 0.05) is 18.5 Å². The SMILES string of the molecule is CC(C)C1(Cc2cccc(C(F)(F)F)c2)CNC1. The van der Waals surface area contributed by atoms with Crippen LogP contribution in [0.25, 0.3) is 0 Å². The average Bonchev–Trinajstić information content (AvgIpc) is 2.22. The summed E-state index contributed by atoms with van der Waals surface area (Å²) >= 11 is 0. The first kappa shape index (κ1) is 13.4. The smallest absolute Gasteiger partial charge is 0.315 e. The van der Waals surface area contributed by atoms with E-state index in [0.717, 1.165) is 24.7 Å². The van der Waals surface area contributed by atoms with Crippen molar-refractivity contribution in [2.75, 3.05) is 13.1 Å². The third kappa shape index (κ3) is 2.53. The molecule has 1 aromatic carbocycles. The second-order valence-electron chi connectivity index (χ2n) is 5.50. The van der Waals surface area contributed by atoms with Crippen molar-refractivity contribution in [2.24, 2.45) is 11.3 Å². The molecule has 4 heteroatoms. The Balaban J connectivity index is 2.19. The van der Waals surface area contributed by atoms with Gasteiger partial charge < -0.3 is 5.32 Å². The molecule has 1 nitrogen and oxygen atoms in total. The van der Waals surface area contributed by atoms with Crippen molar-refractivity contribution < 1.29 is 13.2 Å². The molecular formula is C14H18F3N. The molecule has 2 rings (SSSR count). The van der Waals surface area contributed by atoms with Crippen molar-refractivity contribution in [3.05, 3.63) is 35.4 Å². The van der Waals surface area contributed by atoms with Gasteiger partial charge in [0.25, 0.3) is 0 Å². The maximum atomic E-state index is 12.6. The second-order valence-corrected chi connectivity index (χ2v) is 5.50. The van der Waals surface area contributed by atoms with E-state index in [1.807, 2.05) is 0 Å². The molecular weight excluding hydrogens is 239 g/mol. The Morgan fingerprint density at radius 2 is 1.94 bits per heavy atom. The Morgan fingerprint density at radius 3 is 2.39 bits per heavy atom. The molecule has 1 N–H and O–H groups in total. The Labute approximate surface area is 105 Å². The molecule has 1 aliphatic heterocycles. The Kier molecular flexibility index (Phi) is 3.41. The maximum absolute atomic E-state index is 12.6. The lowest BCUT2D eigenvalue weighted by Gasteiger charge is -2.46. The van der Waals surface area contributed by atoms with Crippen molar-refractivity contribution >= 4 is 0 Å². The molecule has 1 aromatic rings. The highest BCUT2D eigenvalue weighted by molar-refractivity contribution is 5.27. The molecule has 1 saturated heterocycles. The van der Waals surface area contributed by atoms with Crippen LogP contribution in [-0.2, 0) is 12.6 Å². The van der Waals surface area contributed by atoms with Crippen LogP contribution in [0, 0.1) is 11.3 Å². The van der Waals surface area contributed by atoms with E-state index < -0.39 is 11.7 Å². The molecule has 0 spiro atoms. The van der Waals surface area contributed by atoms with Gasteiger partial charge in [-0.3, -0.25) is 0 Å². The summed E-state index contributed by atoms with van der Waals surface area (Å²) in [7, 11) is 0. The summed E-state index contributed by atoms with van der Waals surface area (Å²) in [5.74, 6) is 0.466. The molecule has 0 unspecified atom stereocenters. The Hall–Kier alpha value is -1.03. The molecule has 1 heterocycles. The number of benzene rings is 1. The van der Waals surface area contributed by atoms with Gasteiger partial charge in [-0.2, -0.15) is 13.2 Å². The zero-order chi connectivity index (χ0) is 13.4. The summed E-state index contributed by atoms with van der Waals surface area (Å²) in [5, 5.41) is 3.23. The quantitative estimate of drug-likeness (QED) is 0.874. The summed E-state index contributed by atoms with van der Waals surface area (Å²) in [6.07, 6.45) is -3.54. The number of rotatable bonds is 3. The summed E-state index contributed by atoms with van der Waals surface area (Å²) in [6.45, 7) is 6.05. The van der Waals surface area contributed by atoms with Gasteiger partial charge in [0.05, 0.1) is 5.56 Å². The van der Waals surface area contributed by atoms with Crippen LogP contribution in [0.15, 0.2) is 24.3 Å². The predicted molar refractivity (Wildman–Crippen MR) is 65.3 cm³/mol. The van der Waals surface area contributed by atoms with Gasteiger partial charge >= 0.3 is 6.18 Å². The third-order valence-corrected chi connectivity index (χ3v) is 3.99. The molecule has 0 atom stereocenters. The minimum absolute atomic E-state index is 0.115. The van der Waals surface area contributed by atoms with E-state index >= 15 is 0 Å². The van der Waals surface area contributed by atoms with E-state index in [1.54, 1.807) is 6.07 Å². The fourth-order valence-electron chi connectivity index (χ4n) is 2.45. The van der Waals surface area contributed by atoms with Gasteiger partial charge in [0.1, 0.15) is 0 Å². The van der Waals surface area contributed by atoms with Gasteiger partial charge in [0.2, 0.25) is 0 Å². The lowest BCUT2D eigenvalue weighted by Crippen LogP contribution is -2.57. The first-order valence-corrected chi connectivity index (χ1v) is 6.20. The monoisotopic (exact) mass is 257 g/mol. The molecule has 0 amide bonds. The molecule has 0 bridgehead atoms. The average molecular weight is 257 g/mol. The maximum Gasteiger partial charge on any atom is 0.416 e. The zero-order valence-electron chi connectivity index (χ0n) is 10.6. The summed E-state index contributed by atoms with van der Waals surface area (Å²) < 4.78 is 37.9. The first-order chi connectivity index (χ1) is 8.33. The van der Waals surface area contributed by atoms with Gasteiger partial charge in [-0.05, 0) is 24.0 Å². The largest absolute Gasteiger partial charge is 0.416 e. The summed E-state index contributed by atoms with van der Waals surface area (Å²) in [5.41, 5.74) is 0.343. The topological polar surface area (TPSA) is 12.0 Å². The lowest BCUT2D eigenvalue weighted by molar-refractivity contribution is -0.137. The second kappa shape index (κ2) is 4.57. The van der Waals surface area contributed by atoms with E-state index in [9.17, 15) is 13.2 Å².